The van der Waals surface area contributed by atoms with Crippen molar-refractivity contribution in [2.45, 2.75) is 26.0 Å². The molecule has 1 unspecified atom stereocenters. The number of hydrogen-bond donors (Lipinski definition) is 1. The first kappa shape index (κ1) is 6.55. The summed E-state index contributed by atoms with van der Waals surface area (Å²) in [7, 11) is 0. The second kappa shape index (κ2) is 1.99. The number of aliphatic hydroxyl groups is 1. The Kier molecular flexibility index (Phi) is 1.45. The SMILES string of the molecule is CCC1(O)COC(C)=N1. The van der Waals surface area contributed by atoms with E-state index in [2.05, 4.69) is 4.99 Å². The summed E-state index contributed by atoms with van der Waals surface area (Å²) in [4.78, 5) is 3.89. The van der Waals surface area contributed by atoms with Crippen LogP contribution in [-0.4, -0.2) is 23.3 Å². The molecule has 0 spiro atoms. The summed E-state index contributed by atoms with van der Waals surface area (Å²) in [5.74, 6) is 0.583. The Morgan fingerprint density at radius 3 is 2.78 bits per heavy atom. The minimum atomic E-state index is -0.927. The zero-order valence-corrected chi connectivity index (χ0v) is 5.72. The second-order valence-electron chi connectivity index (χ2n) is 2.26. The minimum absolute atomic E-state index is 0.315. The molecule has 0 amide bonds. The van der Waals surface area contributed by atoms with Gasteiger partial charge in [-0.15, -0.1) is 0 Å². The predicted molar refractivity (Wildman–Crippen MR) is 34.3 cm³/mol. The van der Waals surface area contributed by atoms with Crippen molar-refractivity contribution in [1.29, 1.82) is 0 Å². The van der Waals surface area contributed by atoms with Crippen molar-refractivity contribution in [3.05, 3.63) is 0 Å². The van der Waals surface area contributed by atoms with Crippen molar-refractivity contribution in [3.8, 4) is 0 Å². The number of aliphatic imine (C=N–C) groups is 1. The number of nitrogens with zero attached hydrogens (tertiary/aromatic N) is 1. The van der Waals surface area contributed by atoms with Crippen LogP contribution in [0.25, 0.3) is 0 Å². The first-order chi connectivity index (χ1) is 4.16. The van der Waals surface area contributed by atoms with Gasteiger partial charge in [0, 0.05) is 6.92 Å². The molecule has 9 heavy (non-hydrogen) atoms. The molecule has 0 saturated carbocycles. The topological polar surface area (TPSA) is 41.8 Å². The summed E-state index contributed by atoms with van der Waals surface area (Å²) < 4.78 is 4.96. The summed E-state index contributed by atoms with van der Waals surface area (Å²) >= 11 is 0. The molecular weight excluding hydrogens is 118 g/mol. The highest BCUT2D eigenvalue weighted by atomic mass is 16.5. The van der Waals surface area contributed by atoms with Gasteiger partial charge in [0.05, 0.1) is 0 Å². The van der Waals surface area contributed by atoms with Crippen LogP contribution in [0.1, 0.15) is 20.3 Å². The first-order valence-corrected chi connectivity index (χ1v) is 3.08. The summed E-state index contributed by atoms with van der Waals surface area (Å²) in [5.41, 5.74) is -0.927. The normalized spacial score (nSPS) is 33.9. The molecule has 1 N–H and O–H groups in total. The summed E-state index contributed by atoms with van der Waals surface area (Å²) in [5, 5.41) is 9.36. The fraction of sp³-hybridized carbons (Fsp3) is 0.833. The molecule has 0 aromatic heterocycles. The molecule has 0 fully saturated rings. The Morgan fingerprint density at radius 2 is 2.56 bits per heavy atom. The van der Waals surface area contributed by atoms with E-state index in [0.29, 0.717) is 18.9 Å². The molecule has 0 aromatic carbocycles. The Balaban J connectivity index is 2.64. The van der Waals surface area contributed by atoms with Gasteiger partial charge in [0.25, 0.3) is 0 Å². The number of rotatable bonds is 1. The monoisotopic (exact) mass is 129 g/mol. The van der Waals surface area contributed by atoms with Crippen LogP contribution in [-0.2, 0) is 4.74 Å². The van der Waals surface area contributed by atoms with Gasteiger partial charge in [0.1, 0.15) is 6.61 Å². The Morgan fingerprint density at radius 1 is 1.89 bits per heavy atom. The average Bonchev–Trinajstić information content (AvgIpc) is 2.13. The molecule has 52 valence electrons. The van der Waals surface area contributed by atoms with Crippen LogP contribution in [0.15, 0.2) is 4.99 Å². The molecule has 0 aromatic rings. The van der Waals surface area contributed by atoms with E-state index in [1.54, 1.807) is 6.92 Å². The van der Waals surface area contributed by atoms with Crippen molar-refractivity contribution >= 4 is 5.90 Å². The predicted octanol–water partition coefficient (Wildman–Crippen LogP) is 0.534. The highest BCUT2D eigenvalue weighted by Gasteiger charge is 2.29. The lowest BCUT2D eigenvalue weighted by molar-refractivity contribution is 0.0198. The third-order valence-corrected chi connectivity index (χ3v) is 1.44. The fourth-order valence-corrected chi connectivity index (χ4v) is 0.759. The zero-order valence-electron chi connectivity index (χ0n) is 5.72. The van der Waals surface area contributed by atoms with Gasteiger partial charge in [-0.05, 0) is 6.42 Å². The average molecular weight is 129 g/mol. The van der Waals surface area contributed by atoms with Crippen molar-refractivity contribution in [2.75, 3.05) is 6.61 Å². The molecule has 3 heteroatoms. The van der Waals surface area contributed by atoms with Crippen LogP contribution in [0, 0.1) is 0 Å². The highest BCUT2D eigenvalue weighted by molar-refractivity contribution is 5.75. The highest BCUT2D eigenvalue weighted by Crippen LogP contribution is 2.18. The van der Waals surface area contributed by atoms with E-state index in [9.17, 15) is 5.11 Å². The quantitative estimate of drug-likeness (QED) is 0.561. The van der Waals surface area contributed by atoms with Gasteiger partial charge in [0.15, 0.2) is 11.6 Å². The van der Waals surface area contributed by atoms with E-state index in [-0.39, 0.29) is 0 Å². The molecule has 1 rings (SSSR count). The van der Waals surface area contributed by atoms with Crippen molar-refractivity contribution in [3.63, 3.8) is 0 Å². The molecule has 1 aliphatic rings. The van der Waals surface area contributed by atoms with Crippen LogP contribution < -0.4 is 0 Å². The molecule has 1 aliphatic heterocycles. The van der Waals surface area contributed by atoms with Gasteiger partial charge in [-0.2, -0.15) is 0 Å². The maximum atomic E-state index is 9.36. The second-order valence-corrected chi connectivity index (χ2v) is 2.26. The molecule has 1 atom stereocenters. The van der Waals surface area contributed by atoms with E-state index in [1.165, 1.54) is 0 Å². The van der Waals surface area contributed by atoms with Gasteiger partial charge in [0.2, 0.25) is 0 Å². The Labute approximate surface area is 54.4 Å². The smallest absolute Gasteiger partial charge is 0.193 e. The molecule has 0 saturated heterocycles. The lowest BCUT2D eigenvalue weighted by atomic mass is 10.2. The Hall–Kier alpha value is -0.570. The largest absolute Gasteiger partial charge is 0.476 e. The summed E-state index contributed by atoms with van der Waals surface area (Å²) in [6, 6.07) is 0. The van der Waals surface area contributed by atoms with Crippen LogP contribution >= 0.6 is 0 Å². The van der Waals surface area contributed by atoms with Crippen molar-refractivity contribution in [1.82, 2.24) is 0 Å². The van der Waals surface area contributed by atoms with Gasteiger partial charge < -0.3 is 9.84 Å². The van der Waals surface area contributed by atoms with E-state index < -0.39 is 5.72 Å². The minimum Gasteiger partial charge on any atom is -0.476 e. The van der Waals surface area contributed by atoms with Gasteiger partial charge >= 0.3 is 0 Å². The third-order valence-electron chi connectivity index (χ3n) is 1.44. The maximum Gasteiger partial charge on any atom is 0.193 e. The van der Waals surface area contributed by atoms with Crippen LogP contribution in [0.3, 0.4) is 0 Å². The maximum absolute atomic E-state index is 9.36. The van der Waals surface area contributed by atoms with E-state index in [4.69, 9.17) is 4.74 Å². The summed E-state index contributed by atoms with van der Waals surface area (Å²) in [6.45, 7) is 3.94. The number of hydrogen-bond acceptors (Lipinski definition) is 3. The molecule has 0 aliphatic carbocycles. The Bertz CT molecular complexity index is 144. The van der Waals surface area contributed by atoms with E-state index in [0.717, 1.165) is 0 Å². The van der Waals surface area contributed by atoms with Crippen molar-refractivity contribution in [2.24, 2.45) is 4.99 Å². The number of ether oxygens (including phenoxy) is 1. The van der Waals surface area contributed by atoms with Crippen LogP contribution in [0.2, 0.25) is 0 Å². The van der Waals surface area contributed by atoms with Gasteiger partial charge in [-0.25, -0.2) is 4.99 Å². The van der Waals surface area contributed by atoms with Gasteiger partial charge in [-0.3, -0.25) is 0 Å². The van der Waals surface area contributed by atoms with Crippen LogP contribution in [0.5, 0.6) is 0 Å². The standard InChI is InChI=1S/C6H11NO2/c1-3-6(8)4-9-5(2)7-6/h8H,3-4H2,1-2H3. The third kappa shape index (κ3) is 1.21. The zero-order chi connectivity index (χ0) is 6.91. The van der Waals surface area contributed by atoms with E-state index >= 15 is 0 Å². The molecule has 3 nitrogen and oxygen atoms in total. The summed E-state index contributed by atoms with van der Waals surface area (Å²) in [6.07, 6.45) is 0.615. The molecule has 1 heterocycles. The van der Waals surface area contributed by atoms with E-state index in [1.807, 2.05) is 6.92 Å². The molecule has 0 bridgehead atoms. The lowest BCUT2D eigenvalue weighted by Crippen LogP contribution is -2.25. The fourth-order valence-electron chi connectivity index (χ4n) is 0.759. The molecular formula is C6H11NO2. The lowest BCUT2D eigenvalue weighted by Gasteiger charge is -2.12. The van der Waals surface area contributed by atoms with Gasteiger partial charge in [-0.1, -0.05) is 6.92 Å². The molecule has 0 radical (unpaired) electrons. The van der Waals surface area contributed by atoms with Crippen molar-refractivity contribution < 1.29 is 9.84 Å². The van der Waals surface area contributed by atoms with Crippen LogP contribution in [0.4, 0.5) is 0 Å². The first-order valence-electron chi connectivity index (χ1n) is 3.08.